The molecular formula is C6H10N4O9. The molecule has 0 atom stereocenters. The Labute approximate surface area is 104 Å². The molecule has 0 aromatic heterocycles. The summed E-state index contributed by atoms with van der Waals surface area (Å²) >= 11 is 0. The minimum Gasteiger partial charge on any atom is -0.380 e. The Balaban J connectivity index is 3.98. The Morgan fingerprint density at radius 1 is 0.684 bits per heavy atom. The maximum Gasteiger partial charge on any atom is 0.453 e. The highest BCUT2D eigenvalue weighted by Gasteiger charge is 2.33. The van der Waals surface area contributed by atoms with E-state index in [2.05, 4.69) is 4.74 Å². The second-order valence-corrected chi connectivity index (χ2v) is 3.29. The first-order valence-electron chi connectivity index (χ1n) is 4.89. The number of hydrogen-bond donors (Lipinski definition) is 0. The van der Waals surface area contributed by atoms with Crippen LogP contribution in [0.2, 0.25) is 0 Å². The van der Waals surface area contributed by atoms with Crippen molar-refractivity contribution in [2.24, 2.45) is 0 Å². The van der Waals surface area contributed by atoms with Crippen LogP contribution in [0.4, 0.5) is 0 Å². The first-order chi connectivity index (χ1) is 8.77. The van der Waals surface area contributed by atoms with Crippen molar-refractivity contribution < 1.29 is 24.4 Å². The fourth-order valence-electron chi connectivity index (χ4n) is 1.06. The average Bonchev–Trinajstić information content (AvgIpc) is 2.25. The second kappa shape index (κ2) is 7.80. The van der Waals surface area contributed by atoms with Gasteiger partial charge in [-0.15, -0.1) is 0 Å². The summed E-state index contributed by atoms with van der Waals surface area (Å²) in [5.74, 6) is 0. The number of ether oxygens (including phenoxy) is 1. The summed E-state index contributed by atoms with van der Waals surface area (Å²) in [5.41, 5.74) is 0. The zero-order chi connectivity index (χ0) is 15.0. The Hall–Kier alpha value is -2.44. The first kappa shape index (κ1) is 16.6. The van der Waals surface area contributed by atoms with Crippen LogP contribution in [0.15, 0.2) is 0 Å². The highest BCUT2D eigenvalue weighted by molar-refractivity contribution is 4.45. The van der Waals surface area contributed by atoms with Crippen molar-refractivity contribution in [1.82, 2.24) is 0 Å². The average molecular weight is 282 g/mol. The summed E-state index contributed by atoms with van der Waals surface area (Å²) in [6.45, 7) is -0.788. The monoisotopic (exact) mass is 282 g/mol. The molecule has 19 heavy (non-hydrogen) atoms. The molecule has 0 radical (unpaired) electrons. The van der Waals surface area contributed by atoms with Crippen LogP contribution in [0.1, 0.15) is 12.8 Å². The molecule has 0 aliphatic carbocycles. The predicted molar refractivity (Wildman–Crippen MR) is 55.6 cm³/mol. The minimum absolute atomic E-state index is 0.394. The third kappa shape index (κ3) is 6.16. The summed E-state index contributed by atoms with van der Waals surface area (Å²) < 4.78 is 4.68. The van der Waals surface area contributed by atoms with E-state index in [1.165, 1.54) is 0 Å². The molecule has 0 bridgehead atoms. The molecule has 0 heterocycles. The van der Waals surface area contributed by atoms with Gasteiger partial charge >= 0.3 is 12.3 Å². The van der Waals surface area contributed by atoms with Gasteiger partial charge in [-0.1, -0.05) is 0 Å². The highest BCUT2D eigenvalue weighted by atomic mass is 16.7. The molecule has 0 N–H and O–H groups in total. The summed E-state index contributed by atoms with van der Waals surface area (Å²) in [4.78, 5) is 36.5. The second-order valence-electron chi connectivity index (χ2n) is 3.29. The van der Waals surface area contributed by atoms with Crippen molar-refractivity contribution in [3.8, 4) is 0 Å². The van der Waals surface area contributed by atoms with Gasteiger partial charge in [0.1, 0.15) is 12.8 Å². The number of hydrogen-bond acceptors (Lipinski definition) is 9. The van der Waals surface area contributed by atoms with Gasteiger partial charge in [-0.05, 0) is 0 Å². The van der Waals surface area contributed by atoms with E-state index in [1.807, 2.05) is 0 Å². The fraction of sp³-hybridized carbons (Fsp3) is 1.00. The number of nitrogens with zero attached hydrogens (tertiary/aromatic N) is 4. The Kier molecular flexibility index (Phi) is 6.80. The quantitative estimate of drug-likeness (QED) is 0.221. The summed E-state index contributed by atoms with van der Waals surface area (Å²) in [6.07, 6.45) is -5.10. The molecule has 0 amide bonds. The predicted octanol–water partition coefficient (Wildman–Crippen LogP) is -0.458. The maximum absolute atomic E-state index is 10.2. The lowest BCUT2D eigenvalue weighted by molar-refractivity contribution is -0.744. The molecule has 13 nitrogen and oxygen atoms in total. The van der Waals surface area contributed by atoms with Crippen LogP contribution < -0.4 is 0 Å². The van der Waals surface area contributed by atoms with E-state index < -0.39 is 58.1 Å². The first-order valence-corrected chi connectivity index (χ1v) is 4.89. The Morgan fingerprint density at radius 3 is 1.16 bits per heavy atom. The molecule has 13 heteroatoms. The van der Waals surface area contributed by atoms with Crippen molar-refractivity contribution >= 4 is 0 Å². The molecule has 0 fully saturated rings. The molecule has 0 saturated carbocycles. The van der Waals surface area contributed by atoms with Gasteiger partial charge in [0.2, 0.25) is 0 Å². The SMILES string of the molecule is O=[N+]([O-])C(CCOCCC([N+](=O)[O-])[N+](=O)[O-])[N+](=O)[O-]. The van der Waals surface area contributed by atoms with E-state index in [9.17, 15) is 40.5 Å². The number of nitro groups is 4. The largest absolute Gasteiger partial charge is 0.453 e. The topological polar surface area (TPSA) is 182 Å². The zero-order valence-electron chi connectivity index (χ0n) is 9.45. The number of rotatable bonds is 10. The Bertz CT molecular complexity index is 310. The summed E-state index contributed by atoms with van der Waals surface area (Å²) in [7, 11) is 0. The van der Waals surface area contributed by atoms with E-state index >= 15 is 0 Å². The van der Waals surface area contributed by atoms with Crippen molar-refractivity contribution in [3.05, 3.63) is 40.5 Å². The maximum atomic E-state index is 10.2. The molecule has 108 valence electrons. The van der Waals surface area contributed by atoms with Crippen molar-refractivity contribution in [2.75, 3.05) is 13.2 Å². The lowest BCUT2D eigenvalue weighted by atomic mass is 10.3. The molecular weight excluding hydrogens is 272 g/mol. The Morgan fingerprint density at radius 2 is 0.947 bits per heavy atom. The van der Waals surface area contributed by atoms with Crippen molar-refractivity contribution in [3.63, 3.8) is 0 Å². The van der Waals surface area contributed by atoms with E-state index in [-0.39, 0.29) is 0 Å². The molecule has 0 unspecified atom stereocenters. The molecule has 0 aliphatic rings. The normalized spacial score (nSPS) is 10.6. The van der Waals surface area contributed by atoms with Gasteiger partial charge in [-0.3, -0.25) is 40.5 Å². The van der Waals surface area contributed by atoms with E-state index in [4.69, 9.17) is 0 Å². The standard InChI is InChI=1S/C6H10N4O9/c11-7(12)5(8(13)14)1-3-19-4-2-6(9(15)16)10(17)18/h5-6H,1-4H2. The molecule has 0 rings (SSSR count). The van der Waals surface area contributed by atoms with Crippen LogP contribution in [0.25, 0.3) is 0 Å². The molecule has 0 saturated heterocycles. The third-order valence-corrected chi connectivity index (χ3v) is 2.01. The van der Waals surface area contributed by atoms with Crippen LogP contribution in [0.5, 0.6) is 0 Å². The van der Waals surface area contributed by atoms with Crippen LogP contribution in [-0.2, 0) is 4.74 Å². The third-order valence-electron chi connectivity index (χ3n) is 2.01. The van der Waals surface area contributed by atoms with Gasteiger partial charge < -0.3 is 4.74 Å². The van der Waals surface area contributed by atoms with Gasteiger partial charge in [-0.25, -0.2) is 0 Å². The van der Waals surface area contributed by atoms with E-state index in [1.54, 1.807) is 0 Å². The molecule has 0 aromatic rings. The zero-order valence-corrected chi connectivity index (χ0v) is 9.45. The van der Waals surface area contributed by atoms with Crippen LogP contribution in [-0.4, -0.2) is 45.2 Å². The smallest absolute Gasteiger partial charge is 0.380 e. The lowest BCUT2D eigenvalue weighted by Gasteiger charge is -2.04. The molecule has 0 aliphatic heterocycles. The lowest BCUT2D eigenvalue weighted by Crippen LogP contribution is -2.31. The van der Waals surface area contributed by atoms with Crippen LogP contribution >= 0.6 is 0 Å². The summed E-state index contributed by atoms with van der Waals surface area (Å²) in [6, 6.07) is 0. The molecule has 0 spiro atoms. The van der Waals surface area contributed by atoms with Gasteiger partial charge in [0.25, 0.3) is 0 Å². The van der Waals surface area contributed by atoms with Crippen molar-refractivity contribution in [1.29, 1.82) is 0 Å². The van der Waals surface area contributed by atoms with Crippen LogP contribution in [0, 0.1) is 40.5 Å². The van der Waals surface area contributed by atoms with Gasteiger partial charge in [0.05, 0.1) is 32.9 Å². The minimum atomic E-state index is -2.03. The molecule has 0 aromatic carbocycles. The summed E-state index contributed by atoms with van der Waals surface area (Å²) in [5, 5.41) is 40.9. The van der Waals surface area contributed by atoms with Gasteiger partial charge in [0, 0.05) is 0 Å². The van der Waals surface area contributed by atoms with Crippen molar-refractivity contribution in [2.45, 2.75) is 25.2 Å². The van der Waals surface area contributed by atoms with Gasteiger partial charge in [0.15, 0.2) is 0 Å². The van der Waals surface area contributed by atoms with Crippen LogP contribution in [0.3, 0.4) is 0 Å². The van der Waals surface area contributed by atoms with E-state index in [0.29, 0.717) is 0 Å². The van der Waals surface area contributed by atoms with E-state index in [0.717, 1.165) is 0 Å². The highest BCUT2D eigenvalue weighted by Crippen LogP contribution is 2.02. The van der Waals surface area contributed by atoms with Gasteiger partial charge in [-0.2, -0.15) is 0 Å². The fourth-order valence-corrected chi connectivity index (χ4v) is 1.06.